The molecule has 2 aliphatic heterocycles. The zero-order valence-electron chi connectivity index (χ0n) is 18.4. The molecular weight excluding hydrogens is 390 g/mol. The number of ether oxygens (including phenoxy) is 1. The third-order valence-corrected chi connectivity index (χ3v) is 6.81. The minimum Gasteiger partial charge on any atom is -0.460 e. The van der Waals surface area contributed by atoms with Crippen LogP contribution < -0.4 is 4.90 Å². The lowest BCUT2D eigenvalue weighted by molar-refractivity contribution is -0.150. The quantitative estimate of drug-likeness (QED) is 0.598. The molecule has 7 heteroatoms. The van der Waals surface area contributed by atoms with Crippen LogP contribution in [0.3, 0.4) is 0 Å². The zero-order valence-corrected chi connectivity index (χ0v) is 18.4. The Labute approximate surface area is 182 Å². The van der Waals surface area contributed by atoms with Crippen molar-refractivity contribution in [2.24, 2.45) is 5.41 Å². The van der Waals surface area contributed by atoms with Gasteiger partial charge in [0.15, 0.2) is 0 Å². The topological polar surface area (TPSA) is 73.1 Å². The lowest BCUT2D eigenvalue weighted by Crippen LogP contribution is -2.43. The first kappa shape index (κ1) is 20.0. The van der Waals surface area contributed by atoms with E-state index >= 15 is 0 Å². The fraction of sp³-hybridized carbons (Fsp3) is 0.500. The van der Waals surface area contributed by atoms with E-state index in [1.165, 1.54) is 5.56 Å². The summed E-state index contributed by atoms with van der Waals surface area (Å²) in [4.78, 5) is 28.8. The van der Waals surface area contributed by atoms with Gasteiger partial charge in [0.05, 0.1) is 29.3 Å². The normalized spacial score (nSPS) is 20.7. The van der Waals surface area contributed by atoms with E-state index in [1.54, 1.807) is 0 Å². The Morgan fingerprint density at radius 2 is 1.97 bits per heavy atom. The first-order valence-electron chi connectivity index (χ1n) is 11.1. The van der Waals surface area contributed by atoms with Gasteiger partial charge in [-0.1, -0.05) is 26.0 Å². The summed E-state index contributed by atoms with van der Waals surface area (Å²) in [5.41, 5.74) is 2.84. The maximum atomic E-state index is 12.9. The second-order valence-corrected chi connectivity index (χ2v) is 9.24. The van der Waals surface area contributed by atoms with Crippen LogP contribution in [-0.4, -0.2) is 44.7 Å². The van der Waals surface area contributed by atoms with Gasteiger partial charge in [-0.05, 0) is 37.8 Å². The minimum atomic E-state index is -0.377. The Bertz CT molecular complexity index is 1110. The van der Waals surface area contributed by atoms with Crippen molar-refractivity contribution in [2.75, 3.05) is 18.0 Å². The minimum absolute atomic E-state index is 0.0375. The van der Waals surface area contributed by atoms with E-state index in [1.807, 2.05) is 37.6 Å². The highest BCUT2D eigenvalue weighted by molar-refractivity contribution is 5.80. The van der Waals surface area contributed by atoms with Crippen LogP contribution in [0.4, 0.5) is 5.82 Å². The number of fused-ring (bicyclic) bond motifs is 1. The standard InChI is InChI=1S/C24H29N5O2/c1-16(2)19-13-25-17(3)27-22(19)28-10-8-24(9-11-28)12-18(31-23(24)30)14-29-15-26-20-6-4-5-7-21(20)29/h4-7,13,15-16,18H,8-12,14H2,1-3H3. The number of carbonyl (C=O) groups is 1. The van der Waals surface area contributed by atoms with Crippen molar-refractivity contribution in [3.63, 3.8) is 0 Å². The van der Waals surface area contributed by atoms with Crippen LogP contribution in [0.15, 0.2) is 36.8 Å². The zero-order chi connectivity index (χ0) is 21.6. The van der Waals surface area contributed by atoms with Gasteiger partial charge in [-0.2, -0.15) is 0 Å². The predicted molar refractivity (Wildman–Crippen MR) is 119 cm³/mol. The van der Waals surface area contributed by atoms with Gasteiger partial charge in [-0.3, -0.25) is 4.79 Å². The molecule has 0 radical (unpaired) electrons. The smallest absolute Gasteiger partial charge is 0.312 e. The number of piperidine rings is 1. The van der Waals surface area contributed by atoms with Crippen LogP contribution in [-0.2, 0) is 16.1 Å². The summed E-state index contributed by atoms with van der Waals surface area (Å²) in [6.07, 6.45) is 6.05. The molecule has 162 valence electrons. The molecule has 2 fully saturated rings. The molecule has 2 aromatic heterocycles. The number of cyclic esters (lactones) is 1. The van der Waals surface area contributed by atoms with Crippen LogP contribution in [0.1, 0.15) is 50.4 Å². The van der Waals surface area contributed by atoms with Crippen molar-refractivity contribution < 1.29 is 9.53 Å². The fourth-order valence-corrected chi connectivity index (χ4v) is 5.00. The number of hydrogen-bond acceptors (Lipinski definition) is 6. The molecule has 1 unspecified atom stereocenters. The number of rotatable bonds is 4. The van der Waals surface area contributed by atoms with E-state index in [0.717, 1.165) is 55.0 Å². The number of imidazole rings is 1. The van der Waals surface area contributed by atoms with Gasteiger partial charge in [0.1, 0.15) is 17.7 Å². The van der Waals surface area contributed by atoms with Gasteiger partial charge < -0.3 is 14.2 Å². The molecule has 0 bridgehead atoms. The molecule has 1 atom stereocenters. The van der Waals surface area contributed by atoms with Crippen LogP contribution >= 0.6 is 0 Å². The number of para-hydroxylation sites is 2. The Balaban J connectivity index is 1.29. The third kappa shape index (κ3) is 3.56. The maximum absolute atomic E-state index is 12.9. The van der Waals surface area contributed by atoms with E-state index in [2.05, 4.69) is 39.3 Å². The number of hydrogen-bond donors (Lipinski definition) is 0. The summed E-state index contributed by atoms with van der Waals surface area (Å²) in [7, 11) is 0. The van der Waals surface area contributed by atoms with E-state index in [0.29, 0.717) is 12.5 Å². The summed E-state index contributed by atoms with van der Waals surface area (Å²) in [6.45, 7) is 8.54. The molecule has 1 aromatic carbocycles. The van der Waals surface area contributed by atoms with Gasteiger partial charge >= 0.3 is 5.97 Å². The summed E-state index contributed by atoms with van der Waals surface area (Å²) >= 11 is 0. The Hall–Kier alpha value is -2.96. The summed E-state index contributed by atoms with van der Waals surface area (Å²) in [5, 5.41) is 0. The third-order valence-electron chi connectivity index (χ3n) is 6.81. The molecule has 31 heavy (non-hydrogen) atoms. The highest BCUT2D eigenvalue weighted by Crippen LogP contribution is 2.44. The Morgan fingerprint density at radius 3 is 2.74 bits per heavy atom. The van der Waals surface area contributed by atoms with Crippen molar-refractivity contribution in [1.29, 1.82) is 0 Å². The van der Waals surface area contributed by atoms with Crippen LogP contribution in [0.5, 0.6) is 0 Å². The first-order valence-corrected chi connectivity index (χ1v) is 11.1. The van der Waals surface area contributed by atoms with Gasteiger partial charge in [-0.15, -0.1) is 0 Å². The second kappa shape index (κ2) is 7.62. The molecule has 2 aliphatic rings. The molecule has 0 aliphatic carbocycles. The lowest BCUT2D eigenvalue weighted by atomic mass is 9.76. The molecule has 4 heterocycles. The molecule has 7 nitrogen and oxygen atoms in total. The number of aromatic nitrogens is 4. The maximum Gasteiger partial charge on any atom is 0.312 e. The fourth-order valence-electron chi connectivity index (χ4n) is 5.00. The molecule has 5 rings (SSSR count). The average molecular weight is 420 g/mol. The molecular formula is C24H29N5O2. The molecule has 0 amide bonds. The van der Waals surface area contributed by atoms with Gasteiger partial charge in [0.2, 0.25) is 0 Å². The van der Waals surface area contributed by atoms with E-state index in [9.17, 15) is 4.79 Å². The molecule has 0 saturated carbocycles. The van der Waals surface area contributed by atoms with Crippen LogP contribution in [0, 0.1) is 12.3 Å². The van der Waals surface area contributed by atoms with E-state index in [4.69, 9.17) is 9.72 Å². The van der Waals surface area contributed by atoms with Crippen molar-refractivity contribution in [3.8, 4) is 0 Å². The lowest BCUT2D eigenvalue weighted by Gasteiger charge is -2.38. The number of esters is 1. The van der Waals surface area contributed by atoms with Gasteiger partial charge in [-0.25, -0.2) is 15.0 Å². The Morgan fingerprint density at radius 1 is 1.19 bits per heavy atom. The van der Waals surface area contributed by atoms with Crippen molar-refractivity contribution in [3.05, 3.63) is 48.2 Å². The number of nitrogens with zero attached hydrogens (tertiary/aromatic N) is 5. The van der Waals surface area contributed by atoms with Crippen molar-refractivity contribution in [1.82, 2.24) is 19.5 Å². The molecule has 1 spiro atoms. The highest BCUT2D eigenvalue weighted by atomic mass is 16.6. The number of carbonyl (C=O) groups excluding carboxylic acids is 1. The monoisotopic (exact) mass is 419 g/mol. The summed E-state index contributed by atoms with van der Waals surface area (Å²) in [6, 6.07) is 8.06. The van der Waals surface area contributed by atoms with Crippen molar-refractivity contribution in [2.45, 2.75) is 58.6 Å². The first-order chi connectivity index (χ1) is 14.9. The van der Waals surface area contributed by atoms with Gasteiger partial charge in [0.25, 0.3) is 0 Å². The number of aryl methyl sites for hydroxylation is 1. The van der Waals surface area contributed by atoms with Crippen LogP contribution in [0.2, 0.25) is 0 Å². The highest BCUT2D eigenvalue weighted by Gasteiger charge is 2.50. The Kier molecular flexibility index (Phi) is 4.91. The number of anilines is 1. The summed E-state index contributed by atoms with van der Waals surface area (Å²) in [5.74, 6) is 2.12. The van der Waals surface area contributed by atoms with Crippen molar-refractivity contribution >= 4 is 22.8 Å². The van der Waals surface area contributed by atoms with Crippen LogP contribution in [0.25, 0.3) is 11.0 Å². The van der Waals surface area contributed by atoms with E-state index in [-0.39, 0.29) is 17.5 Å². The second-order valence-electron chi connectivity index (χ2n) is 9.24. The summed E-state index contributed by atoms with van der Waals surface area (Å²) < 4.78 is 7.96. The molecule has 3 aromatic rings. The average Bonchev–Trinajstić information content (AvgIpc) is 3.29. The SMILES string of the molecule is Cc1ncc(C(C)C)c(N2CCC3(CC2)CC(Cn2cnc4ccccc42)OC3=O)n1. The predicted octanol–water partition coefficient (Wildman–Crippen LogP) is 3.86. The molecule has 0 N–H and O–H groups in total. The van der Waals surface area contributed by atoms with Gasteiger partial charge in [0, 0.05) is 31.3 Å². The van der Waals surface area contributed by atoms with E-state index < -0.39 is 0 Å². The molecule has 2 saturated heterocycles. The number of benzene rings is 1. The largest absolute Gasteiger partial charge is 0.460 e.